The molecule has 0 aliphatic heterocycles. The minimum Gasteiger partial charge on any atom is -0.484 e. The molecule has 2 N–H and O–H groups in total. The summed E-state index contributed by atoms with van der Waals surface area (Å²) in [5.74, 6) is 0.186. The van der Waals surface area contributed by atoms with Gasteiger partial charge in [0.05, 0.1) is 4.92 Å². The minimum absolute atomic E-state index is 0.0800. The molecule has 0 saturated heterocycles. The molecule has 0 bridgehead atoms. The van der Waals surface area contributed by atoms with Crippen LogP contribution in [0.2, 0.25) is 0 Å². The summed E-state index contributed by atoms with van der Waals surface area (Å²) in [6, 6.07) is 12.8. The SMILES string of the molecule is CCC(C)c1ccc(OCC(=O)NNC(=O)COc2ccc([N+](=O)[O-])cc2)cc1. The van der Waals surface area contributed by atoms with Gasteiger partial charge in [-0.2, -0.15) is 0 Å². The number of nitro groups is 1. The van der Waals surface area contributed by atoms with Crippen molar-refractivity contribution in [1.82, 2.24) is 10.9 Å². The third-order valence-electron chi connectivity index (χ3n) is 4.19. The van der Waals surface area contributed by atoms with E-state index in [-0.39, 0.29) is 18.9 Å². The number of hydrogen-bond acceptors (Lipinski definition) is 6. The zero-order valence-corrected chi connectivity index (χ0v) is 16.2. The van der Waals surface area contributed by atoms with Gasteiger partial charge in [-0.05, 0) is 42.2 Å². The van der Waals surface area contributed by atoms with Crippen LogP contribution in [0.25, 0.3) is 0 Å². The highest BCUT2D eigenvalue weighted by Crippen LogP contribution is 2.21. The van der Waals surface area contributed by atoms with E-state index in [2.05, 4.69) is 24.7 Å². The summed E-state index contributed by atoms with van der Waals surface area (Å²) in [7, 11) is 0. The quantitative estimate of drug-likeness (QED) is 0.492. The first-order valence-corrected chi connectivity index (χ1v) is 9.06. The lowest BCUT2D eigenvalue weighted by Crippen LogP contribution is -2.45. The van der Waals surface area contributed by atoms with E-state index in [9.17, 15) is 19.7 Å². The number of nitrogens with one attached hydrogen (secondary N) is 2. The number of non-ortho nitro benzene ring substituents is 1. The Morgan fingerprint density at radius 2 is 1.38 bits per heavy atom. The fourth-order valence-corrected chi connectivity index (χ4v) is 2.30. The van der Waals surface area contributed by atoms with Crippen LogP contribution in [0.5, 0.6) is 11.5 Å². The minimum atomic E-state index is -0.588. The van der Waals surface area contributed by atoms with E-state index in [1.807, 2.05) is 12.1 Å². The number of carbonyl (C=O) groups excluding carboxylic acids is 2. The van der Waals surface area contributed by atoms with E-state index in [1.54, 1.807) is 12.1 Å². The van der Waals surface area contributed by atoms with Crippen molar-refractivity contribution in [2.45, 2.75) is 26.2 Å². The number of carbonyl (C=O) groups is 2. The third-order valence-corrected chi connectivity index (χ3v) is 4.19. The van der Waals surface area contributed by atoms with Gasteiger partial charge in [-0.15, -0.1) is 0 Å². The van der Waals surface area contributed by atoms with Gasteiger partial charge in [0, 0.05) is 12.1 Å². The van der Waals surface area contributed by atoms with Gasteiger partial charge in [-0.25, -0.2) is 0 Å². The molecule has 9 heteroatoms. The van der Waals surface area contributed by atoms with E-state index >= 15 is 0 Å². The van der Waals surface area contributed by atoms with Gasteiger partial charge in [0.25, 0.3) is 17.5 Å². The van der Waals surface area contributed by atoms with Gasteiger partial charge < -0.3 is 9.47 Å². The second-order valence-corrected chi connectivity index (χ2v) is 6.30. The molecule has 0 heterocycles. The molecule has 2 aromatic carbocycles. The Labute approximate surface area is 168 Å². The molecule has 0 fully saturated rings. The van der Waals surface area contributed by atoms with E-state index in [4.69, 9.17) is 9.47 Å². The largest absolute Gasteiger partial charge is 0.484 e. The van der Waals surface area contributed by atoms with Crippen LogP contribution in [0.15, 0.2) is 48.5 Å². The number of amides is 2. The van der Waals surface area contributed by atoms with Crippen LogP contribution in [0.3, 0.4) is 0 Å². The topological polar surface area (TPSA) is 120 Å². The summed E-state index contributed by atoms with van der Waals surface area (Å²) in [5, 5.41) is 10.6. The van der Waals surface area contributed by atoms with E-state index in [0.29, 0.717) is 17.4 Å². The normalized spacial score (nSPS) is 11.2. The lowest BCUT2D eigenvalue weighted by Gasteiger charge is -2.11. The van der Waals surface area contributed by atoms with E-state index in [0.717, 1.165) is 6.42 Å². The standard InChI is InChI=1S/C20H23N3O6/c1-3-14(2)15-4-8-17(9-5-15)28-12-19(24)21-22-20(25)13-29-18-10-6-16(7-11-18)23(26)27/h4-11,14H,3,12-13H2,1-2H3,(H,21,24)(H,22,25). The molecule has 0 saturated carbocycles. The first-order valence-electron chi connectivity index (χ1n) is 9.06. The Balaban J connectivity index is 1.67. The van der Waals surface area contributed by atoms with Crippen LogP contribution in [0.4, 0.5) is 5.69 Å². The Morgan fingerprint density at radius 3 is 1.79 bits per heavy atom. The van der Waals surface area contributed by atoms with Gasteiger partial charge in [-0.1, -0.05) is 26.0 Å². The highest BCUT2D eigenvalue weighted by molar-refractivity contribution is 5.83. The number of rotatable bonds is 9. The number of nitrogens with zero attached hydrogens (tertiary/aromatic N) is 1. The third kappa shape index (κ3) is 7.13. The molecule has 29 heavy (non-hydrogen) atoms. The number of ether oxygens (including phenoxy) is 2. The Morgan fingerprint density at radius 1 is 0.931 bits per heavy atom. The predicted molar refractivity (Wildman–Crippen MR) is 106 cm³/mol. The summed E-state index contributed by atoms with van der Waals surface area (Å²) in [5.41, 5.74) is 5.54. The molecule has 0 aromatic heterocycles. The molecule has 0 aliphatic rings. The van der Waals surface area contributed by atoms with Crippen molar-refractivity contribution >= 4 is 17.5 Å². The molecule has 154 valence electrons. The molecule has 2 rings (SSSR count). The summed E-state index contributed by atoms with van der Waals surface area (Å²) < 4.78 is 10.6. The average Bonchev–Trinajstić information content (AvgIpc) is 2.74. The lowest BCUT2D eigenvalue weighted by molar-refractivity contribution is -0.384. The van der Waals surface area contributed by atoms with Crippen LogP contribution in [-0.4, -0.2) is 30.0 Å². The molecule has 1 atom stereocenters. The molecule has 0 aliphatic carbocycles. The van der Waals surface area contributed by atoms with Crippen molar-refractivity contribution in [2.24, 2.45) is 0 Å². The monoisotopic (exact) mass is 401 g/mol. The molecule has 2 amide bonds. The number of nitro benzene ring substituents is 1. The van der Waals surface area contributed by atoms with Crippen molar-refractivity contribution in [1.29, 1.82) is 0 Å². The first-order chi connectivity index (χ1) is 13.9. The molecule has 0 radical (unpaired) electrons. The highest BCUT2D eigenvalue weighted by atomic mass is 16.6. The van der Waals surface area contributed by atoms with Crippen molar-refractivity contribution in [2.75, 3.05) is 13.2 Å². The Kier molecular flexibility index (Phi) is 7.96. The van der Waals surface area contributed by atoms with Crippen LogP contribution in [0, 0.1) is 10.1 Å². The molecular formula is C20H23N3O6. The van der Waals surface area contributed by atoms with Crippen LogP contribution < -0.4 is 20.3 Å². The van der Waals surface area contributed by atoms with Crippen molar-refractivity contribution in [3.8, 4) is 11.5 Å². The van der Waals surface area contributed by atoms with Crippen molar-refractivity contribution in [3.05, 3.63) is 64.2 Å². The molecule has 1 unspecified atom stereocenters. The molecule has 2 aromatic rings. The van der Waals surface area contributed by atoms with Crippen molar-refractivity contribution < 1.29 is 24.0 Å². The maximum atomic E-state index is 11.8. The lowest BCUT2D eigenvalue weighted by atomic mass is 9.99. The molecule has 0 spiro atoms. The zero-order valence-electron chi connectivity index (χ0n) is 16.2. The van der Waals surface area contributed by atoms with Crippen LogP contribution in [-0.2, 0) is 9.59 Å². The maximum Gasteiger partial charge on any atom is 0.276 e. The second-order valence-electron chi connectivity index (χ2n) is 6.30. The maximum absolute atomic E-state index is 11.8. The van der Waals surface area contributed by atoms with Gasteiger partial charge in [0.1, 0.15) is 11.5 Å². The van der Waals surface area contributed by atoms with Gasteiger partial charge >= 0.3 is 0 Å². The van der Waals surface area contributed by atoms with Crippen LogP contribution >= 0.6 is 0 Å². The summed E-state index contributed by atoms with van der Waals surface area (Å²) in [4.78, 5) is 33.5. The number of hydrogen-bond donors (Lipinski definition) is 2. The average molecular weight is 401 g/mol. The van der Waals surface area contributed by atoms with E-state index < -0.39 is 16.7 Å². The van der Waals surface area contributed by atoms with Gasteiger partial charge in [0.15, 0.2) is 13.2 Å². The Bertz CT molecular complexity index is 836. The summed E-state index contributed by atoms with van der Waals surface area (Å²) >= 11 is 0. The molecule has 9 nitrogen and oxygen atoms in total. The van der Waals surface area contributed by atoms with Crippen molar-refractivity contribution in [3.63, 3.8) is 0 Å². The number of hydrazine groups is 1. The smallest absolute Gasteiger partial charge is 0.276 e. The Hall–Kier alpha value is -3.62. The molecular weight excluding hydrogens is 378 g/mol. The van der Waals surface area contributed by atoms with Crippen LogP contribution in [0.1, 0.15) is 31.7 Å². The second kappa shape index (κ2) is 10.6. The van der Waals surface area contributed by atoms with E-state index in [1.165, 1.54) is 29.8 Å². The fourth-order valence-electron chi connectivity index (χ4n) is 2.30. The predicted octanol–water partition coefficient (Wildman–Crippen LogP) is 2.71. The summed E-state index contributed by atoms with van der Waals surface area (Å²) in [6.45, 7) is 3.63. The number of benzene rings is 2. The first kappa shape index (κ1) is 21.7. The van der Waals surface area contributed by atoms with Gasteiger partial charge in [-0.3, -0.25) is 30.6 Å². The summed E-state index contributed by atoms with van der Waals surface area (Å²) in [6.07, 6.45) is 1.04. The fraction of sp³-hybridized carbons (Fsp3) is 0.300. The zero-order chi connectivity index (χ0) is 21.2. The highest BCUT2D eigenvalue weighted by Gasteiger charge is 2.09. The van der Waals surface area contributed by atoms with Gasteiger partial charge in [0.2, 0.25) is 0 Å².